The van der Waals surface area contributed by atoms with Crippen LogP contribution in [0.1, 0.15) is 19.3 Å². The van der Waals surface area contributed by atoms with Gasteiger partial charge >= 0.3 is 0 Å². The Morgan fingerprint density at radius 3 is 2.50 bits per heavy atom. The maximum atomic E-state index is 11.8. The van der Waals surface area contributed by atoms with Crippen LogP contribution in [0.5, 0.6) is 0 Å². The molecular weight excluding hydrogens is 178 g/mol. The molecule has 0 spiro atoms. The summed E-state index contributed by atoms with van der Waals surface area (Å²) in [5.41, 5.74) is 5.40. The summed E-state index contributed by atoms with van der Waals surface area (Å²) in [6, 6.07) is 0. The Labute approximate surface area is 85.8 Å². The molecule has 1 amide bonds. The molecule has 0 atom stereocenters. The third kappa shape index (κ3) is 2.45. The Morgan fingerprint density at radius 1 is 1.50 bits per heavy atom. The average Bonchev–Trinajstić information content (AvgIpc) is 2.02. The highest BCUT2D eigenvalue weighted by Crippen LogP contribution is 2.39. The third-order valence-electron chi connectivity index (χ3n) is 3.03. The first-order chi connectivity index (χ1) is 6.60. The molecule has 0 unspecified atom stereocenters. The van der Waals surface area contributed by atoms with Gasteiger partial charge in [0.1, 0.15) is 0 Å². The molecule has 3 N–H and O–H groups in total. The van der Waals surface area contributed by atoms with Crippen LogP contribution in [0, 0.1) is 5.41 Å². The van der Waals surface area contributed by atoms with Crippen LogP contribution in [0.4, 0.5) is 0 Å². The number of hydrogen-bond donors (Lipinski definition) is 2. The SMILES string of the molecule is CN(C)CCNC(=O)C1(CN)CCC1. The molecule has 1 aliphatic carbocycles. The predicted molar refractivity (Wildman–Crippen MR) is 56.9 cm³/mol. The smallest absolute Gasteiger partial charge is 0.227 e. The average molecular weight is 199 g/mol. The van der Waals surface area contributed by atoms with Crippen molar-refractivity contribution in [3.63, 3.8) is 0 Å². The standard InChI is InChI=1S/C10H21N3O/c1-13(2)7-6-12-9(14)10(8-11)4-3-5-10/h3-8,11H2,1-2H3,(H,12,14). The Bertz CT molecular complexity index is 194. The molecule has 0 aromatic heterocycles. The number of hydrogen-bond acceptors (Lipinski definition) is 3. The van der Waals surface area contributed by atoms with Crippen LogP contribution < -0.4 is 11.1 Å². The number of likely N-dealkylation sites (N-methyl/N-ethyl adjacent to an activating group) is 1. The van der Waals surface area contributed by atoms with E-state index >= 15 is 0 Å². The van der Waals surface area contributed by atoms with Crippen molar-refractivity contribution in [2.24, 2.45) is 11.1 Å². The zero-order valence-electron chi connectivity index (χ0n) is 9.18. The van der Waals surface area contributed by atoms with Crippen LogP contribution in [0.25, 0.3) is 0 Å². The van der Waals surface area contributed by atoms with Gasteiger partial charge in [0.05, 0.1) is 5.41 Å². The highest BCUT2D eigenvalue weighted by Gasteiger charge is 2.42. The summed E-state index contributed by atoms with van der Waals surface area (Å²) in [4.78, 5) is 13.8. The van der Waals surface area contributed by atoms with Gasteiger partial charge in [0.2, 0.25) is 5.91 Å². The van der Waals surface area contributed by atoms with Gasteiger partial charge in [-0.05, 0) is 26.9 Å². The molecule has 82 valence electrons. The molecule has 14 heavy (non-hydrogen) atoms. The van der Waals surface area contributed by atoms with Gasteiger partial charge in [-0.25, -0.2) is 0 Å². The van der Waals surface area contributed by atoms with Crippen molar-refractivity contribution < 1.29 is 4.79 Å². The Kier molecular flexibility index (Phi) is 3.89. The van der Waals surface area contributed by atoms with E-state index in [1.54, 1.807) is 0 Å². The van der Waals surface area contributed by atoms with E-state index in [2.05, 4.69) is 10.2 Å². The van der Waals surface area contributed by atoms with Gasteiger partial charge in [0.25, 0.3) is 0 Å². The second kappa shape index (κ2) is 4.75. The van der Waals surface area contributed by atoms with E-state index in [0.717, 1.165) is 25.8 Å². The first-order valence-corrected chi connectivity index (χ1v) is 5.24. The highest BCUT2D eigenvalue weighted by atomic mass is 16.2. The van der Waals surface area contributed by atoms with Gasteiger partial charge in [-0.3, -0.25) is 4.79 Å². The van der Waals surface area contributed by atoms with Gasteiger partial charge in [-0.2, -0.15) is 0 Å². The number of carbonyl (C=O) groups excluding carboxylic acids is 1. The fourth-order valence-electron chi connectivity index (χ4n) is 1.71. The molecule has 0 aliphatic heterocycles. The van der Waals surface area contributed by atoms with Crippen molar-refractivity contribution in [1.82, 2.24) is 10.2 Å². The molecule has 0 aromatic rings. The number of nitrogens with one attached hydrogen (secondary N) is 1. The molecule has 4 heteroatoms. The molecule has 0 radical (unpaired) electrons. The lowest BCUT2D eigenvalue weighted by Crippen LogP contribution is -2.51. The molecule has 1 fully saturated rings. The maximum absolute atomic E-state index is 11.8. The molecule has 1 saturated carbocycles. The van der Waals surface area contributed by atoms with E-state index in [1.165, 1.54) is 0 Å². The van der Waals surface area contributed by atoms with Gasteiger partial charge in [-0.15, -0.1) is 0 Å². The van der Waals surface area contributed by atoms with Crippen molar-refractivity contribution in [3.05, 3.63) is 0 Å². The number of nitrogens with two attached hydrogens (primary N) is 1. The van der Waals surface area contributed by atoms with Gasteiger partial charge in [-0.1, -0.05) is 6.42 Å². The zero-order valence-corrected chi connectivity index (χ0v) is 9.18. The monoisotopic (exact) mass is 199 g/mol. The summed E-state index contributed by atoms with van der Waals surface area (Å²) >= 11 is 0. The second-order valence-corrected chi connectivity index (χ2v) is 4.40. The van der Waals surface area contributed by atoms with Crippen LogP contribution in [-0.4, -0.2) is 44.5 Å². The fraction of sp³-hybridized carbons (Fsp3) is 0.900. The molecular formula is C10H21N3O. The van der Waals surface area contributed by atoms with E-state index < -0.39 is 0 Å². The van der Waals surface area contributed by atoms with Crippen molar-refractivity contribution in [1.29, 1.82) is 0 Å². The van der Waals surface area contributed by atoms with Crippen molar-refractivity contribution in [2.75, 3.05) is 33.7 Å². The highest BCUT2D eigenvalue weighted by molar-refractivity contribution is 5.83. The summed E-state index contributed by atoms with van der Waals surface area (Å²) in [5.74, 6) is 0.146. The summed E-state index contributed by atoms with van der Waals surface area (Å²) < 4.78 is 0. The van der Waals surface area contributed by atoms with Crippen molar-refractivity contribution in [3.8, 4) is 0 Å². The summed E-state index contributed by atoms with van der Waals surface area (Å²) in [6.45, 7) is 2.08. The molecule has 0 saturated heterocycles. The molecule has 0 heterocycles. The Balaban J connectivity index is 2.27. The minimum Gasteiger partial charge on any atom is -0.354 e. The van der Waals surface area contributed by atoms with Gasteiger partial charge in [0, 0.05) is 19.6 Å². The molecule has 1 rings (SSSR count). The third-order valence-corrected chi connectivity index (χ3v) is 3.03. The van der Waals surface area contributed by atoms with E-state index in [9.17, 15) is 4.79 Å². The lowest BCUT2D eigenvalue weighted by molar-refractivity contribution is -0.135. The Hall–Kier alpha value is -0.610. The second-order valence-electron chi connectivity index (χ2n) is 4.40. The molecule has 0 aromatic carbocycles. The number of amides is 1. The van der Waals surface area contributed by atoms with Crippen LogP contribution in [0.15, 0.2) is 0 Å². The normalized spacial score (nSPS) is 19.1. The van der Waals surface area contributed by atoms with Crippen molar-refractivity contribution >= 4 is 5.91 Å². The van der Waals surface area contributed by atoms with Crippen LogP contribution >= 0.6 is 0 Å². The predicted octanol–water partition coefficient (Wildman–Crippen LogP) is -0.207. The van der Waals surface area contributed by atoms with Crippen LogP contribution in [0.2, 0.25) is 0 Å². The number of carbonyl (C=O) groups is 1. The van der Waals surface area contributed by atoms with E-state index in [4.69, 9.17) is 5.73 Å². The Morgan fingerprint density at radius 2 is 2.14 bits per heavy atom. The molecule has 4 nitrogen and oxygen atoms in total. The quantitative estimate of drug-likeness (QED) is 0.644. The minimum atomic E-state index is -0.230. The summed E-state index contributed by atoms with van der Waals surface area (Å²) in [7, 11) is 3.99. The maximum Gasteiger partial charge on any atom is 0.227 e. The van der Waals surface area contributed by atoms with E-state index in [0.29, 0.717) is 13.1 Å². The molecule has 0 bridgehead atoms. The fourth-order valence-corrected chi connectivity index (χ4v) is 1.71. The van der Waals surface area contributed by atoms with Gasteiger partial charge in [0.15, 0.2) is 0 Å². The van der Waals surface area contributed by atoms with Crippen LogP contribution in [0.3, 0.4) is 0 Å². The first kappa shape index (κ1) is 11.5. The number of rotatable bonds is 5. The topological polar surface area (TPSA) is 58.4 Å². The lowest BCUT2D eigenvalue weighted by Gasteiger charge is -2.39. The van der Waals surface area contributed by atoms with Gasteiger partial charge < -0.3 is 16.0 Å². The number of nitrogens with zero attached hydrogens (tertiary/aromatic N) is 1. The van der Waals surface area contributed by atoms with E-state index in [-0.39, 0.29) is 11.3 Å². The van der Waals surface area contributed by atoms with Crippen molar-refractivity contribution in [2.45, 2.75) is 19.3 Å². The summed E-state index contributed by atoms with van der Waals surface area (Å²) in [5, 5.41) is 2.95. The minimum absolute atomic E-state index is 0.146. The van der Waals surface area contributed by atoms with Crippen LogP contribution in [-0.2, 0) is 4.79 Å². The first-order valence-electron chi connectivity index (χ1n) is 5.24. The largest absolute Gasteiger partial charge is 0.354 e. The molecule has 1 aliphatic rings. The summed E-state index contributed by atoms with van der Waals surface area (Å²) in [6.07, 6.45) is 3.05. The zero-order chi connectivity index (χ0) is 10.6. The lowest BCUT2D eigenvalue weighted by atomic mass is 9.68. The van der Waals surface area contributed by atoms with E-state index in [1.807, 2.05) is 14.1 Å².